The quantitative estimate of drug-likeness (QED) is 0.617. The molecule has 0 bridgehead atoms. The third kappa shape index (κ3) is 3.37. The van der Waals surface area contributed by atoms with Gasteiger partial charge in [0.05, 0.1) is 16.0 Å². The maximum Gasteiger partial charge on any atom is 0.295 e. The molecule has 1 aromatic carbocycles. The van der Waals surface area contributed by atoms with E-state index in [0.29, 0.717) is 13.2 Å². The van der Waals surface area contributed by atoms with Gasteiger partial charge in [-0.15, -0.1) is 0 Å². The van der Waals surface area contributed by atoms with Crippen molar-refractivity contribution in [2.45, 2.75) is 19.3 Å². The van der Waals surface area contributed by atoms with Crippen LogP contribution in [0.5, 0.6) is 0 Å². The lowest BCUT2D eigenvalue weighted by Crippen LogP contribution is -2.18. The van der Waals surface area contributed by atoms with E-state index in [4.69, 9.17) is 16.3 Å². The summed E-state index contributed by atoms with van der Waals surface area (Å²) in [4.78, 5) is 10.3. The molecule has 1 aliphatic rings. The standard InChI is InChI=1S/C13H16ClFN2O3/c1-20-5-4-13(2-3-13)8-16-11-6-9(14)10(15)7-12(11)17(18)19/h6-7,16H,2-5,8H2,1H3. The molecule has 5 nitrogen and oxygen atoms in total. The second-order valence-corrected chi connectivity index (χ2v) is 5.54. The average Bonchev–Trinajstić information content (AvgIpc) is 3.18. The second kappa shape index (κ2) is 5.93. The third-order valence-electron chi connectivity index (χ3n) is 3.68. The Bertz CT molecular complexity index is 521. The van der Waals surface area contributed by atoms with E-state index in [0.717, 1.165) is 25.3 Å². The predicted octanol–water partition coefficient (Wildman–Crippen LogP) is 3.62. The highest BCUT2D eigenvalue weighted by atomic mass is 35.5. The highest BCUT2D eigenvalue weighted by Crippen LogP contribution is 2.49. The predicted molar refractivity (Wildman–Crippen MR) is 74.7 cm³/mol. The van der Waals surface area contributed by atoms with Gasteiger partial charge < -0.3 is 10.1 Å². The van der Waals surface area contributed by atoms with Crippen LogP contribution in [0, 0.1) is 21.3 Å². The lowest BCUT2D eigenvalue weighted by atomic mass is 10.0. The Morgan fingerprint density at radius 1 is 1.55 bits per heavy atom. The van der Waals surface area contributed by atoms with Gasteiger partial charge in [0.25, 0.3) is 5.69 Å². The summed E-state index contributed by atoms with van der Waals surface area (Å²) in [5, 5.41) is 13.8. The SMILES string of the molecule is COCCC1(CNc2cc(Cl)c(F)cc2[N+](=O)[O-])CC1. The minimum Gasteiger partial charge on any atom is -0.385 e. The molecule has 1 aromatic rings. The van der Waals surface area contributed by atoms with Gasteiger partial charge >= 0.3 is 0 Å². The number of benzene rings is 1. The Labute approximate surface area is 121 Å². The Balaban J connectivity index is 2.09. The summed E-state index contributed by atoms with van der Waals surface area (Å²) >= 11 is 5.68. The van der Waals surface area contributed by atoms with Crippen LogP contribution in [0.3, 0.4) is 0 Å². The Morgan fingerprint density at radius 2 is 2.25 bits per heavy atom. The van der Waals surface area contributed by atoms with E-state index in [9.17, 15) is 14.5 Å². The van der Waals surface area contributed by atoms with Crippen molar-refractivity contribution in [1.82, 2.24) is 0 Å². The molecule has 0 aromatic heterocycles. The van der Waals surface area contributed by atoms with Crippen molar-refractivity contribution in [3.05, 3.63) is 33.1 Å². The van der Waals surface area contributed by atoms with Gasteiger partial charge in [0, 0.05) is 20.3 Å². The van der Waals surface area contributed by atoms with Crippen LogP contribution in [0.4, 0.5) is 15.8 Å². The molecule has 110 valence electrons. The minimum absolute atomic E-state index is 0.125. The Kier molecular flexibility index (Phi) is 4.45. The zero-order chi connectivity index (χ0) is 14.8. The Hall–Kier alpha value is -1.40. The van der Waals surface area contributed by atoms with E-state index in [1.54, 1.807) is 7.11 Å². The summed E-state index contributed by atoms with van der Waals surface area (Å²) in [6, 6.07) is 2.11. The van der Waals surface area contributed by atoms with Gasteiger partial charge in [0.15, 0.2) is 0 Å². The van der Waals surface area contributed by atoms with Crippen molar-refractivity contribution in [3.63, 3.8) is 0 Å². The number of nitrogens with zero attached hydrogens (tertiary/aromatic N) is 1. The first-order valence-corrected chi connectivity index (χ1v) is 6.71. The molecule has 0 spiro atoms. The van der Waals surface area contributed by atoms with Gasteiger partial charge in [0.1, 0.15) is 11.5 Å². The van der Waals surface area contributed by atoms with Crippen molar-refractivity contribution in [2.24, 2.45) is 5.41 Å². The lowest BCUT2D eigenvalue weighted by Gasteiger charge is -2.16. The molecule has 7 heteroatoms. The molecule has 2 rings (SSSR count). The fraction of sp³-hybridized carbons (Fsp3) is 0.538. The molecule has 20 heavy (non-hydrogen) atoms. The summed E-state index contributed by atoms with van der Waals surface area (Å²) in [6.07, 6.45) is 3.03. The summed E-state index contributed by atoms with van der Waals surface area (Å²) < 4.78 is 18.4. The van der Waals surface area contributed by atoms with Crippen LogP contribution in [-0.2, 0) is 4.74 Å². The van der Waals surface area contributed by atoms with Crippen molar-refractivity contribution in [3.8, 4) is 0 Å². The molecule has 0 unspecified atom stereocenters. The number of methoxy groups -OCH3 is 1. The van der Waals surface area contributed by atoms with Crippen molar-refractivity contribution in [2.75, 3.05) is 25.6 Å². The Morgan fingerprint density at radius 3 is 2.80 bits per heavy atom. The smallest absolute Gasteiger partial charge is 0.295 e. The van der Waals surface area contributed by atoms with Gasteiger partial charge in [-0.2, -0.15) is 0 Å². The van der Waals surface area contributed by atoms with Crippen LogP contribution in [0.2, 0.25) is 5.02 Å². The maximum absolute atomic E-state index is 13.3. The van der Waals surface area contributed by atoms with Gasteiger partial charge in [-0.05, 0) is 30.7 Å². The van der Waals surface area contributed by atoms with Gasteiger partial charge in [-0.25, -0.2) is 4.39 Å². The molecule has 0 radical (unpaired) electrons. The fourth-order valence-electron chi connectivity index (χ4n) is 2.12. The van der Waals surface area contributed by atoms with Crippen molar-refractivity contribution in [1.29, 1.82) is 0 Å². The normalized spacial score (nSPS) is 15.9. The summed E-state index contributed by atoms with van der Waals surface area (Å²) in [5.41, 5.74) is 0.0876. The molecule has 0 saturated heterocycles. The number of nitro groups is 1. The number of nitro benzene ring substituents is 1. The zero-order valence-electron chi connectivity index (χ0n) is 11.1. The number of rotatable bonds is 7. The number of nitrogens with one attached hydrogen (secondary N) is 1. The molecular formula is C13H16ClFN2O3. The number of anilines is 1. The van der Waals surface area contributed by atoms with E-state index >= 15 is 0 Å². The number of hydrogen-bond donors (Lipinski definition) is 1. The molecular weight excluding hydrogens is 287 g/mol. The highest BCUT2D eigenvalue weighted by Gasteiger charge is 2.42. The second-order valence-electron chi connectivity index (χ2n) is 5.14. The van der Waals surface area contributed by atoms with E-state index in [1.807, 2.05) is 0 Å². The first kappa shape index (κ1) is 15.0. The largest absolute Gasteiger partial charge is 0.385 e. The molecule has 1 saturated carbocycles. The fourth-order valence-corrected chi connectivity index (χ4v) is 2.29. The summed E-state index contributed by atoms with van der Waals surface area (Å²) in [5.74, 6) is -0.788. The topological polar surface area (TPSA) is 64.4 Å². The van der Waals surface area contributed by atoms with E-state index in [1.165, 1.54) is 6.07 Å². The molecule has 1 fully saturated rings. The molecule has 0 aliphatic heterocycles. The van der Waals surface area contributed by atoms with Crippen LogP contribution in [0.25, 0.3) is 0 Å². The lowest BCUT2D eigenvalue weighted by molar-refractivity contribution is -0.384. The number of hydrogen-bond acceptors (Lipinski definition) is 4. The molecule has 0 amide bonds. The average molecular weight is 303 g/mol. The van der Waals surface area contributed by atoms with Crippen molar-refractivity contribution < 1.29 is 14.1 Å². The third-order valence-corrected chi connectivity index (χ3v) is 3.97. The van der Waals surface area contributed by atoms with Crippen LogP contribution in [0.1, 0.15) is 19.3 Å². The number of ether oxygens (including phenoxy) is 1. The van der Waals surface area contributed by atoms with Crippen LogP contribution < -0.4 is 5.32 Å². The molecule has 0 heterocycles. The maximum atomic E-state index is 13.3. The zero-order valence-corrected chi connectivity index (χ0v) is 11.9. The first-order chi connectivity index (χ1) is 9.47. The minimum atomic E-state index is -0.788. The van der Waals surface area contributed by atoms with Gasteiger partial charge in [-0.3, -0.25) is 10.1 Å². The van der Waals surface area contributed by atoms with Gasteiger partial charge in [0.2, 0.25) is 0 Å². The van der Waals surface area contributed by atoms with E-state index in [-0.39, 0.29) is 21.8 Å². The summed E-state index contributed by atoms with van der Waals surface area (Å²) in [7, 11) is 1.65. The van der Waals surface area contributed by atoms with Crippen LogP contribution in [0.15, 0.2) is 12.1 Å². The van der Waals surface area contributed by atoms with Crippen molar-refractivity contribution >= 4 is 23.0 Å². The number of halogens is 2. The monoisotopic (exact) mass is 302 g/mol. The molecule has 0 atom stereocenters. The van der Waals surface area contributed by atoms with Gasteiger partial charge in [-0.1, -0.05) is 11.6 Å². The summed E-state index contributed by atoms with van der Waals surface area (Å²) in [6.45, 7) is 1.26. The van der Waals surface area contributed by atoms with E-state index in [2.05, 4.69) is 5.32 Å². The van der Waals surface area contributed by atoms with E-state index < -0.39 is 10.7 Å². The molecule has 1 aliphatic carbocycles. The first-order valence-electron chi connectivity index (χ1n) is 6.34. The van der Waals surface area contributed by atoms with Crippen LogP contribution in [-0.4, -0.2) is 25.2 Å². The molecule has 1 N–H and O–H groups in total. The van der Waals surface area contributed by atoms with Crippen LogP contribution >= 0.6 is 11.6 Å². The highest BCUT2D eigenvalue weighted by molar-refractivity contribution is 6.31.